The van der Waals surface area contributed by atoms with Crippen molar-refractivity contribution >= 4 is 17.7 Å². The van der Waals surface area contributed by atoms with Gasteiger partial charge in [-0.25, -0.2) is 0 Å². The van der Waals surface area contributed by atoms with Crippen LogP contribution in [-0.4, -0.2) is 30.0 Å². The highest BCUT2D eigenvalue weighted by Gasteiger charge is 2.05. The SMILES string of the molecule is CCCNC(=O)CSC(C)CCN. The zero-order chi connectivity index (χ0) is 10.1. The highest BCUT2D eigenvalue weighted by atomic mass is 32.2. The van der Waals surface area contributed by atoms with Crippen molar-refractivity contribution in [3.63, 3.8) is 0 Å². The molecular weight excluding hydrogens is 184 g/mol. The van der Waals surface area contributed by atoms with Gasteiger partial charge in [0.05, 0.1) is 5.75 Å². The first-order valence-electron chi connectivity index (χ1n) is 4.79. The zero-order valence-electron chi connectivity index (χ0n) is 8.51. The lowest BCUT2D eigenvalue weighted by molar-refractivity contribution is -0.118. The minimum atomic E-state index is 0.135. The molecule has 0 rings (SSSR count). The monoisotopic (exact) mass is 204 g/mol. The molecule has 13 heavy (non-hydrogen) atoms. The molecule has 0 heterocycles. The molecule has 0 saturated carbocycles. The molecule has 0 aromatic heterocycles. The zero-order valence-corrected chi connectivity index (χ0v) is 9.32. The van der Waals surface area contributed by atoms with Gasteiger partial charge in [0.2, 0.25) is 5.91 Å². The van der Waals surface area contributed by atoms with E-state index in [1.165, 1.54) is 0 Å². The maximum Gasteiger partial charge on any atom is 0.230 e. The number of nitrogens with two attached hydrogens (primary N) is 1. The van der Waals surface area contributed by atoms with Crippen LogP contribution in [0.3, 0.4) is 0 Å². The molecule has 3 N–H and O–H groups in total. The van der Waals surface area contributed by atoms with Crippen molar-refractivity contribution in [1.29, 1.82) is 0 Å². The van der Waals surface area contributed by atoms with Gasteiger partial charge in [0.15, 0.2) is 0 Å². The van der Waals surface area contributed by atoms with Crippen LogP contribution < -0.4 is 11.1 Å². The van der Waals surface area contributed by atoms with Crippen LogP contribution in [0.1, 0.15) is 26.7 Å². The summed E-state index contributed by atoms with van der Waals surface area (Å²) < 4.78 is 0. The summed E-state index contributed by atoms with van der Waals surface area (Å²) in [7, 11) is 0. The second-order valence-corrected chi connectivity index (χ2v) is 4.48. The molecule has 0 aliphatic rings. The standard InChI is InChI=1S/C9H20N2OS/c1-3-6-11-9(12)7-13-8(2)4-5-10/h8H,3-7,10H2,1-2H3,(H,11,12). The van der Waals surface area contributed by atoms with Crippen molar-refractivity contribution < 1.29 is 4.79 Å². The number of nitrogens with one attached hydrogen (secondary N) is 1. The molecule has 0 spiro atoms. The Morgan fingerprint density at radius 2 is 2.31 bits per heavy atom. The smallest absolute Gasteiger partial charge is 0.230 e. The van der Waals surface area contributed by atoms with E-state index in [0.29, 0.717) is 17.5 Å². The van der Waals surface area contributed by atoms with Gasteiger partial charge in [-0.1, -0.05) is 13.8 Å². The van der Waals surface area contributed by atoms with Crippen LogP contribution in [0.5, 0.6) is 0 Å². The van der Waals surface area contributed by atoms with Gasteiger partial charge in [0.1, 0.15) is 0 Å². The van der Waals surface area contributed by atoms with Crippen LogP contribution in [-0.2, 0) is 4.79 Å². The normalized spacial score (nSPS) is 12.5. The van der Waals surface area contributed by atoms with Crippen molar-refractivity contribution in [1.82, 2.24) is 5.32 Å². The van der Waals surface area contributed by atoms with Crippen LogP contribution in [0.2, 0.25) is 0 Å². The summed E-state index contributed by atoms with van der Waals surface area (Å²) in [4.78, 5) is 11.1. The molecule has 0 fully saturated rings. The Balaban J connectivity index is 3.34. The molecule has 0 radical (unpaired) electrons. The third-order valence-electron chi connectivity index (χ3n) is 1.64. The van der Waals surface area contributed by atoms with Crippen LogP contribution >= 0.6 is 11.8 Å². The minimum absolute atomic E-state index is 0.135. The summed E-state index contributed by atoms with van der Waals surface area (Å²) in [6.07, 6.45) is 1.97. The Labute approximate surface area is 84.8 Å². The van der Waals surface area contributed by atoms with Gasteiger partial charge >= 0.3 is 0 Å². The lowest BCUT2D eigenvalue weighted by Crippen LogP contribution is -2.26. The minimum Gasteiger partial charge on any atom is -0.355 e. The van der Waals surface area contributed by atoms with E-state index in [1.807, 2.05) is 6.92 Å². The predicted octanol–water partition coefficient (Wildman–Crippen LogP) is 0.983. The molecule has 1 unspecified atom stereocenters. The average Bonchev–Trinajstić information content (AvgIpc) is 2.12. The van der Waals surface area contributed by atoms with Gasteiger partial charge in [-0.2, -0.15) is 0 Å². The van der Waals surface area contributed by atoms with Gasteiger partial charge in [-0.3, -0.25) is 4.79 Å². The molecule has 1 amide bonds. The van der Waals surface area contributed by atoms with E-state index in [-0.39, 0.29) is 5.91 Å². The summed E-state index contributed by atoms with van der Waals surface area (Å²) in [5, 5.41) is 3.32. The number of rotatable bonds is 7. The molecule has 0 saturated heterocycles. The molecule has 0 aromatic carbocycles. The topological polar surface area (TPSA) is 55.1 Å². The fourth-order valence-electron chi connectivity index (χ4n) is 0.851. The van der Waals surface area contributed by atoms with E-state index >= 15 is 0 Å². The van der Waals surface area contributed by atoms with Gasteiger partial charge in [0, 0.05) is 11.8 Å². The lowest BCUT2D eigenvalue weighted by Gasteiger charge is -2.09. The molecular formula is C9H20N2OS. The van der Waals surface area contributed by atoms with E-state index in [9.17, 15) is 4.79 Å². The molecule has 4 heteroatoms. The predicted molar refractivity (Wildman–Crippen MR) is 58.9 cm³/mol. The van der Waals surface area contributed by atoms with Gasteiger partial charge in [0.25, 0.3) is 0 Å². The molecule has 0 aromatic rings. The van der Waals surface area contributed by atoms with Crippen molar-refractivity contribution in [3.05, 3.63) is 0 Å². The molecule has 78 valence electrons. The number of amides is 1. The third kappa shape index (κ3) is 8.12. The number of carbonyl (C=O) groups is 1. The van der Waals surface area contributed by atoms with Crippen LogP contribution in [0.4, 0.5) is 0 Å². The van der Waals surface area contributed by atoms with Crippen LogP contribution in [0, 0.1) is 0 Å². The first kappa shape index (κ1) is 12.8. The highest BCUT2D eigenvalue weighted by molar-refractivity contribution is 8.00. The highest BCUT2D eigenvalue weighted by Crippen LogP contribution is 2.12. The Morgan fingerprint density at radius 3 is 2.85 bits per heavy atom. The first-order chi connectivity index (χ1) is 6.20. The summed E-state index contributed by atoms with van der Waals surface area (Å²) in [6, 6.07) is 0. The van der Waals surface area contributed by atoms with E-state index in [2.05, 4.69) is 12.2 Å². The second kappa shape index (κ2) is 8.38. The molecule has 0 bridgehead atoms. The van der Waals surface area contributed by atoms with E-state index in [4.69, 9.17) is 5.73 Å². The van der Waals surface area contributed by atoms with Crippen LogP contribution in [0.15, 0.2) is 0 Å². The van der Waals surface area contributed by atoms with E-state index in [0.717, 1.165) is 19.4 Å². The number of hydrogen-bond donors (Lipinski definition) is 2. The molecule has 3 nitrogen and oxygen atoms in total. The first-order valence-corrected chi connectivity index (χ1v) is 5.84. The third-order valence-corrected chi connectivity index (χ3v) is 2.88. The Hall–Kier alpha value is -0.220. The number of hydrogen-bond acceptors (Lipinski definition) is 3. The fraction of sp³-hybridized carbons (Fsp3) is 0.889. The fourth-order valence-corrected chi connectivity index (χ4v) is 1.69. The summed E-state index contributed by atoms with van der Waals surface area (Å²) in [6.45, 7) is 5.63. The molecule has 1 atom stereocenters. The van der Waals surface area contributed by atoms with Crippen molar-refractivity contribution in [2.75, 3.05) is 18.8 Å². The number of carbonyl (C=O) groups excluding carboxylic acids is 1. The largest absolute Gasteiger partial charge is 0.355 e. The van der Waals surface area contributed by atoms with Crippen molar-refractivity contribution in [2.24, 2.45) is 5.73 Å². The average molecular weight is 204 g/mol. The number of thioether (sulfide) groups is 1. The Bertz CT molecular complexity index is 142. The summed E-state index contributed by atoms with van der Waals surface area (Å²) >= 11 is 1.67. The van der Waals surface area contributed by atoms with Gasteiger partial charge in [-0.05, 0) is 19.4 Å². The van der Waals surface area contributed by atoms with Gasteiger partial charge < -0.3 is 11.1 Å². The Morgan fingerprint density at radius 1 is 1.62 bits per heavy atom. The quantitative estimate of drug-likeness (QED) is 0.650. The van der Waals surface area contributed by atoms with Gasteiger partial charge in [-0.15, -0.1) is 11.8 Å². The summed E-state index contributed by atoms with van der Waals surface area (Å²) in [5.74, 6) is 0.692. The van der Waals surface area contributed by atoms with Crippen molar-refractivity contribution in [3.8, 4) is 0 Å². The second-order valence-electron chi connectivity index (χ2n) is 3.05. The van der Waals surface area contributed by atoms with Crippen LogP contribution in [0.25, 0.3) is 0 Å². The van der Waals surface area contributed by atoms with Crippen molar-refractivity contribution in [2.45, 2.75) is 31.9 Å². The lowest BCUT2D eigenvalue weighted by atomic mass is 10.3. The summed E-state index contributed by atoms with van der Waals surface area (Å²) in [5.41, 5.74) is 5.40. The Kier molecular flexibility index (Phi) is 8.24. The molecule has 0 aliphatic heterocycles. The molecule has 0 aliphatic carbocycles. The van der Waals surface area contributed by atoms with E-state index in [1.54, 1.807) is 11.8 Å². The maximum absolute atomic E-state index is 11.1. The maximum atomic E-state index is 11.1. The van der Waals surface area contributed by atoms with E-state index < -0.39 is 0 Å².